The van der Waals surface area contributed by atoms with Crippen LogP contribution >= 0.6 is 11.6 Å². The van der Waals surface area contributed by atoms with E-state index in [-0.39, 0.29) is 10.6 Å². The molecule has 0 aliphatic carbocycles. The van der Waals surface area contributed by atoms with Crippen molar-refractivity contribution < 1.29 is 31.8 Å². The van der Waals surface area contributed by atoms with Gasteiger partial charge in [-0.05, 0) is 66.9 Å². The second-order valence-electron chi connectivity index (χ2n) is 11.8. The monoisotopic (exact) mass is 678 g/mol. The number of morpholine rings is 1. The van der Waals surface area contributed by atoms with E-state index in [9.17, 15) is 8.42 Å². The fourth-order valence-corrected chi connectivity index (χ4v) is 8.73. The van der Waals surface area contributed by atoms with Crippen LogP contribution in [0.2, 0.25) is 5.02 Å². The molecule has 11 nitrogen and oxygen atoms in total. The van der Waals surface area contributed by atoms with E-state index in [4.69, 9.17) is 30.2 Å². The summed E-state index contributed by atoms with van der Waals surface area (Å²) in [6.45, 7) is 3.92. The van der Waals surface area contributed by atoms with E-state index >= 15 is 4.79 Å². The van der Waals surface area contributed by atoms with Crippen LogP contribution in [0.25, 0.3) is 0 Å². The molecular weight excluding hydrogens is 644 g/mol. The second kappa shape index (κ2) is 12.6. The average molecular weight is 679 g/mol. The highest BCUT2D eigenvalue weighted by atomic mass is 35.5. The molecule has 3 aliphatic heterocycles. The summed E-state index contributed by atoms with van der Waals surface area (Å²) in [7, 11) is -1.38. The molecule has 47 heavy (non-hydrogen) atoms. The van der Waals surface area contributed by atoms with Gasteiger partial charge in [0.25, 0.3) is 15.9 Å². The number of aromatic nitrogens is 1. The Hall–Kier alpha value is -3.94. The van der Waals surface area contributed by atoms with Gasteiger partial charge in [0.05, 0.1) is 50.3 Å². The Bertz CT molecular complexity index is 1880. The van der Waals surface area contributed by atoms with E-state index < -0.39 is 27.5 Å². The highest BCUT2D eigenvalue weighted by Crippen LogP contribution is 2.56. The molecule has 4 aromatic rings. The van der Waals surface area contributed by atoms with E-state index in [1.165, 1.54) is 31.6 Å². The van der Waals surface area contributed by atoms with Crippen molar-refractivity contribution in [3.05, 3.63) is 101 Å². The summed E-state index contributed by atoms with van der Waals surface area (Å²) in [4.78, 5) is 24.2. The minimum Gasteiger partial charge on any atom is -0.497 e. The number of fused-ring (bicyclic) bond motifs is 1. The third kappa shape index (κ3) is 5.28. The van der Waals surface area contributed by atoms with Gasteiger partial charge in [-0.3, -0.25) is 14.6 Å². The number of hydrogen-bond acceptors (Lipinski definition) is 10. The van der Waals surface area contributed by atoms with Gasteiger partial charge in [0.15, 0.2) is 5.54 Å². The molecule has 0 bridgehead atoms. The molecule has 2 fully saturated rings. The zero-order chi connectivity index (χ0) is 32.8. The van der Waals surface area contributed by atoms with Crippen molar-refractivity contribution in [2.75, 3.05) is 51.4 Å². The number of nitrogens with zero attached hydrogens (tertiary/aromatic N) is 4. The van der Waals surface area contributed by atoms with Gasteiger partial charge in [-0.15, -0.1) is 0 Å². The van der Waals surface area contributed by atoms with Crippen molar-refractivity contribution in [1.29, 1.82) is 0 Å². The van der Waals surface area contributed by atoms with E-state index in [0.29, 0.717) is 66.3 Å². The summed E-state index contributed by atoms with van der Waals surface area (Å²) >= 11 is 6.54. The number of carbonyl (C=O) groups is 1. The van der Waals surface area contributed by atoms with Gasteiger partial charge in [0.1, 0.15) is 17.8 Å². The van der Waals surface area contributed by atoms with Crippen molar-refractivity contribution in [2.24, 2.45) is 0 Å². The topological polar surface area (TPSA) is 115 Å². The lowest BCUT2D eigenvalue weighted by Crippen LogP contribution is -2.54. The first-order valence-corrected chi connectivity index (χ1v) is 17.3. The molecule has 0 N–H and O–H groups in total. The normalized spacial score (nSPS) is 22.1. The van der Waals surface area contributed by atoms with Gasteiger partial charge < -0.3 is 18.6 Å². The van der Waals surface area contributed by atoms with Crippen LogP contribution in [0.1, 0.15) is 41.5 Å². The number of hydrogen-bond donors (Lipinski definition) is 0. The Labute approximate surface area is 278 Å². The van der Waals surface area contributed by atoms with Crippen molar-refractivity contribution in [1.82, 2.24) is 14.8 Å². The molecule has 3 aliphatic rings. The number of rotatable bonds is 9. The molecule has 1 aromatic heterocycles. The van der Waals surface area contributed by atoms with Crippen molar-refractivity contribution in [3.8, 4) is 11.5 Å². The summed E-state index contributed by atoms with van der Waals surface area (Å²) in [6, 6.07) is 16.3. The molecule has 3 aromatic carbocycles. The first kappa shape index (κ1) is 31.6. The minimum absolute atomic E-state index is 0.0629. The van der Waals surface area contributed by atoms with E-state index in [2.05, 4.69) is 9.88 Å². The SMILES string of the molecule is COc1ccc(S(=O)(=O)N2C(=O)C(c3cc(CN4CCOCC4)ccc3OC)(N3CCCC3c3ncco3)c3ccc(Cl)cc32)cc1. The van der Waals surface area contributed by atoms with Crippen molar-refractivity contribution >= 4 is 33.2 Å². The van der Waals surface area contributed by atoms with Crippen LogP contribution in [0, 0.1) is 0 Å². The van der Waals surface area contributed by atoms with Crippen LogP contribution in [0.5, 0.6) is 11.5 Å². The maximum absolute atomic E-state index is 15.5. The molecule has 2 saturated heterocycles. The third-order valence-electron chi connectivity index (χ3n) is 9.24. The molecule has 13 heteroatoms. The molecule has 7 rings (SSSR count). The molecule has 2 atom stereocenters. The number of anilines is 1. The molecule has 246 valence electrons. The second-order valence-corrected chi connectivity index (χ2v) is 14.0. The number of carbonyl (C=O) groups excluding carboxylic acids is 1. The summed E-state index contributed by atoms with van der Waals surface area (Å²) in [5.41, 5.74) is 0.502. The van der Waals surface area contributed by atoms with Gasteiger partial charge in [0, 0.05) is 42.3 Å². The maximum Gasteiger partial charge on any atom is 0.271 e. The lowest BCUT2D eigenvalue weighted by molar-refractivity contribution is -0.127. The largest absolute Gasteiger partial charge is 0.497 e. The number of oxazole rings is 1. The molecule has 0 spiro atoms. The molecular formula is C34H35ClN4O7S. The molecule has 0 saturated carbocycles. The Kier molecular flexibility index (Phi) is 8.48. The standard InChI is InChI=1S/C34H35ClN4O7S/c1-43-25-7-9-26(10-8-25)47(41,42)39-30-21-24(35)6-11-27(30)34(33(39)40,38-14-3-4-29(38)32-36-13-17-46-32)28-20-23(5-12-31(28)44-2)22-37-15-18-45-19-16-37/h5-13,17,20-21,29H,3-4,14-16,18-19,22H2,1-2H3. The van der Waals surface area contributed by atoms with Crippen LogP contribution in [0.3, 0.4) is 0 Å². The smallest absolute Gasteiger partial charge is 0.271 e. The van der Waals surface area contributed by atoms with Crippen molar-refractivity contribution in [2.45, 2.75) is 35.9 Å². The lowest BCUT2D eigenvalue weighted by atomic mass is 9.80. The van der Waals surface area contributed by atoms with E-state index in [0.717, 1.165) is 29.4 Å². The fraction of sp³-hybridized carbons (Fsp3) is 0.353. The van der Waals surface area contributed by atoms with Gasteiger partial charge in [-0.25, -0.2) is 17.7 Å². The first-order valence-electron chi connectivity index (χ1n) is 15.5. The van der Waals surface area contributed by atoms with Gasteiger partial charge in [-0.2, -0.15) is 0 Å². The van der Waals surface area contributed by atoms with Gasteiger partial charge >= 0.3 is 0 Å². The summed E-state index contributed by atoms with van der Waals surface area (Å²) < 4.78 is 52.6. The number of likely N-dealkylation sites (tertiary alicyclic amines) is 1. The highest BCUT2D eigenvalue weighted by molar-refractivity contribution is 7.93. The minimum atomic E-state index is -4.43. The van der Waals surface area contributed by atoms with E-state index in [1.807, 2.05) is 23.1 Å². The number of halogens is 1. The van der Waals surface area contributed by atoms with Gasteiger partial charge in [0.2, 0.25) is 5.89 Å². The number of amides is 1. The van der Waals surface area contributed by atoms with Crippen LogP contribution in [0.4, 0.5) is 5.69 Å². The average Bonchev–Trinajstić information content (AvgIpc) is 3.84. The summed E-state index contributed by atoms with van der Waals surface area (Å²) in [5.74, 6) is 0.727. The zero-order valence-electron chi connectivity index (χ0n) is 26.1. The van der Waals surface area contributed by atoms with Crippen LogP contribution in [-0.2, 0) is 31.6 Å². The lowest BCUT2D eigenvalue weighted by Gasteiger charge is -2.41. The Morgan fingerprint density at radius 2 is 1.77 bits per heavy atom. The fourth-order valence-electron chi connectivity index (χ4n) is 7.11. The van der Waals surface area contributed by atoms with Gasteiger partial charge in [-0.1, -0.05) is 23.7 Å². The number of sulfonamides is 1. The van der Waals surface area contributed by atoms with E-state index in [1.54, 1.807) is 37.6 Å². The molecule has 2 unspecified atom stereocenters. The van der Waals surface area contributed by atoms with Crippen LogP contribution < -0.4 is 13.8 Å². The number of ether oxygens (including phenoxy) is 3. The van der Waals surface area contributed by atoms with Crippen LogP contribution in [0.15, 0.2) is 82.4 Å². The number of benzene rings is 3. The van der Waals surface area contributed by atoms with Crippen LogP contribution in [-0.4, -0.2) is 76.2 Å². The number of methoxy groups -OCH3 is 2. The predicted molar refractivity (Wildman–Crippen MR) is 174 cm³/mol. The molecule has 1 amide bonds. The Morgan fingerprint density at radius 1 is 0.979 bits per heavy atom. The predicted octanol–water partition coefficient (Wildman–Crippen LogP) is 4.99. The third-order valence-corrected chi connectivity index (χ3v) is 11.2. The maximum atomic E-state index is 15.5. The van der Waals surface area contributed by atoms with Crippen molar-refractivity contribution in [3.63, 3.8) is 0 Å². The summed E-state index contributed by atoms with van der Waals surface area (Å²) in [6.07, 6.45) is 4.46. The Balaban J connectivity index is 1.48. The molecule has 4 heterocycles. The quantitative estimate of drug-likeness (QED) is 0.240. The first-order chi connectivity index (χ1) is 22.8. The zero-order valence-corrected chi connectivity index (χ0v) is 27.7. The highest BCUT2D eigenvalue weighted by Gasteiger charge is 2.62. The summed E-state index contributed by atoms with van der Waals surface area (Å²) in [5, 5.41) is 0.293. The molecule has 0 radical (unpaired) electrons. The Morgan fingerprint density at radius 3 is 2.47 bits per heavy atom.